The second kappa shape index (κ2) is 3.52. The van der Waals surface area contributed by atoms with E-state index in [1.54, 1.807) is 5.38 Å². The Morgan fingerprint density at radius 3 is 2.40 bits per heavy atom. The van der Waals surface area contributed by atoms with Gasteiger partial charge in [0.15, 0.2) is 0 Å². The Balaban J connectivity index is 0.000000810. The van der Waals surface area contributed by atoms with Gasteiger partial charge in [-0.05, 0) is 0 Å². The second-order valence-electron chi connectivity index (χ2n) is 1.24. The Hall–Kier alpha value is 0.160. The van der Waals surface area contributed by atoms with E-state index in [0.717, 1.165) is 11.3 Å². The maximum absolute atomic E-state index is 10.4. The molecule has 1 rings (SSSR count). The fraction of sp³-hybridized carbons (Fsp3) is 0. The molecule has 0 fully saturated rings. The van der Waals surface area contributed by atoms with E-state index < -0.39 is 9.05 Å². The molecule has 0 aromatic carbocycles. The van der Waals surface area contributed by atoms with Crippen LogP contribution in [0.2, 0.25) is 0 Å². The van der Waals surface area contributed by atoms with Gasteiger partial charge in [0.1, 0.15) is 0 Å². The third kappa shape index (κ3) is 2.42. The molecule has 1 heterocycles. The average Bonchev–Trinajstić information content (AvgIpc) is 2.08. The summed E-state index contributed by atoms with van der Waals surface area (Å²) < 4.78 is 20.8. The zero-order chi connectivity index (χ0) is 6.91. The van der Waals surface area contributed by atoms with Crippen LogP contribution in [0.3, 0.4) is 0 Å². The van der Waals surface area contributed by atoms with Crippen LogP contribution in [0.25, 0.3) is 0 Å². The monoisotopic (exact) mass is 219 g/mol. The number of hydrogen-bond acceptors (Lipinski definition) is 4. The van der Waals surface area contributed by atoms with Gasteiger partial charge in [0.05, 0.1) is 0 Å². The van der Waals surface area contributed by atoms with Crippen molar-refractivity contribution in [2.75, 3.05) is 0 Å². The number of thiazole rings is 1. The van der Waals surface area contributed by atoms with Gasteiger partial charge in [-0.15, -0.1) is 23.7 Å². The van der Waals surface area contributed by atoms with Crippen LogP contribution in [-0.4, -0.2) is 13.4 Å². The van der Waals surface area contributed by atoms with Crippen LogP contribution in [-0.2, 0) is 9.05 Å². The van der Waals surface area contributed by atoms with Crippen LogP contribution in [0.5, 0.6) is 0 Å². The van der Waals surface area contributed by atoms with E-state index in [1.807, 2.05) is 0 Å². The van der Waals surface area contributed by atoms with Crippen molar-refractivity contribution in [3.63, 3.8) is 0 Å². The van der Waals surface area contributed by atoms with Gasteiger partial charge in [-0.1, -0.05) is 0 Å². The highest BCUT2D eigenvalue weighted by Crippen LogP contribution is 2.15. The molecule has 58 valence electrons. The Kier molecular flexibility index (Phi) is 3.58. The van der Waals surface area contributed by atoms with Gasteiger partial charge in [0.2, 0.25) is 4.34 Å². The van der Waals surface area contributed by atoms with Crippen molar-refractivity contribution >= 4 is 43.5 Å². The van der Waals surface area contributed by atoms with E-state index in [1.165, 1.54) is 6.20 Å². The molecule has 0 radical (unpaired) electrons. The topological polar surface area (TPSA) is 47.0 Å². The van der Waals surface area contributed by atoms with E-state index in [4.69, 9.17) is 10.7 Å². The summed E-state index contributed by atoms with van der Waals surface area (Å²) in [5, 5.41) is 1.55. The van der Waals surface area contributed by atoms with Crippen molar-refractivity contribution in [2.45, 2.75) is 4.34 Å². The second-order valence-corrected chi connectivity index (χ2v) is 4.87. The van der Waals surface area contributed by atoms with Crippen LogP contribution in [0.1, 0.15) is 0 Å². The fourth-order valence-corrected chi connectivity index (χ4v) is 1.95. The molecule has 0 aliphatic carbocycles. The zero-order valence-corrected chi connectivity index (χ0v) is 7.73. The highest BCUT2D eigenvalue weighted by atomic mass is 35.7. The highest BCUT2D eigenvalue weighted by Gasteiger charge is 2.11. The van der Waals surface area contributed by atoms with Gasteiger partial charge < -0.3 is 0 Å². The fourth-order valence-electron chi connectivity index (χ4n) is 0.331. The Labute approximate surface area is 72.9 Å². The molecule has 0 bridgehead atoms. The minimum Gasteiger partial charge on any atom is -0.233 e. The van der Waals surface area contributed by atoms with Crippen molar-refractivity contribution in [1.82, 2.24) is 4.98 Å². The molecule has 0 amide bonds. The van der Waals surface area contributed by atoms with E-state index >= 15 is 0 Å². The first-order chi connectivity index (χ1) is 4.11. The number of halogens is 2. The van der Waals surface area contributed by atoms with Gasteiger partial charge >= 0.3 is 0 Å². The molecule has 0 atom stereocenters. The van der Waals surface area contributed by atoms with Gasteiger partial charge in [0, 0.05) is 22.3 Å². The lowest BCUT2D eigenvalue weighted by atomic mass is 11.0. The summed E-state index contributed by atoms with van der Waals surface area (Å²) in [6, 6.07) is 0. The summed E-state index contributed by atoms with van der Waals surface area (Å²) >= 11 is 0.999. The summed E-state index contributed by atoms with van der Waals surface area (Å²) in [6.45, 7) is 0. The molecular formula is C3H3Cl2NO2S2. The van der Waals surface area contributed by atoms with Crippen LogP contribution in [0.15, 0.2) is 15.9 Å². The summed E-state index contributed by atoms with van der Waals surface area (Å²) in [6.07, 6.45) is 1.39. The maximum atomic E-state index is 10.4. The third-order valence-corrected chi connectivity index (χ3v) is 3.37. The van der Waals surface area contributed by atoms with Crippen LogP contribution in [0, 0.1) is 0 Å². The molecule has 3 nitrogen and oxygen atoms in total. The summed E-state index contributed by atoms with van der Waals surface area (Å²) in [4.78, 5) is 3.49. The molecular weight excluding hydrogens is 217 g/mol. The lowest BCUT2D eigenvalue weighted by molar-refractivity contribution is 0.609. The predicted molar refractivity (Wildman–Crippen MR) is 42.4 cm³/mol. The minimum absolute atomic E-state index is 0. The van der Waals surface area contributed by atoms with Crippen LogP contribution >= 0.6 is 34.4 Å². The molecule has 1 aromatic heterocycles. The lowest BCUT2D eigenvalue weighted by Crippen LogP contribution is -1.86. The SMILES string of the molecule is Cl.O=S(=O)(Cl)c1nccs1. The predicted octanol–water partition coefficient (Wildman–Crippen LogP) is 1.49. The maximum Gasteiger partial charge on any atom is 0.288 e. The van der Waals surface area contributed by atoms with Crippen LogP contribution < -0.4 is 0 Å². The molecule has 1 aromatic rings. The first-order valence-corrected chi connectivity index (χ1v) is 5.14. The number of aromatic nitrogens is 1. The highest BCUT2D eigenvalue weighted by molar-refractivity contribution is 8.14. The quantitative estimate of drug-likeness (QED) is 0.673. The van der Waals surface area contributed by atoms with Crippen molar-refractivity contribution in [2.24, 2.45) is 0 Å². The number of rotatable bonds is 1. The third-order valence-electron chi connectivity index (χ3n) is 0.618. The van der Waals surface area contributed by atoms with Crippen molar-refractivity contribution in [1.29, 1.82) is 0 Å². The first-order valence-electron chi connectivity index (χ1n) is 1.95. The van der Waals surface area contributed by atoms with Crippen molar-refractivity contribution < 1.29 is 8.42 Å². The van der Waals surface area contributed by atoms with E-state index in [-0.39, 0.29) is 16.7 Å². The molecule has 0 saturated heterocycles. The molecule has 0 unspecified atom stereocenters. The molecule has 10 heavy (non-hydrogen) atoms. The minimum atomic E-state index is -3.58. The standard InChI is InChI=1S/C3H2ClNO2S2.ClH/c4-9(6,7)3-5-1-2-8-3;/h1-2H;1H. The van der Waals surface area contributed by atoms with E-state index in [2.05, 4.69) is 4.98 Å². The number of nitrogens with zero attached hydrogens (tertiary/aromatic N) is 1. The molecule has 0 spiro atoms. The number of hydrogen-bond donors (Lipinski definition) is 0. The average molecular weight is 220 g/mol. The molecule has 0 aliphatic rings. The van der Waals surface area contributed by atoms with E-state index in [0.29, 0.717) is 0 Å². The molecule has 0 saturated carbocycles. The van der Waals surface area contributed by atoms with Crippen molar-refractivity contribution in [3.8, 4) is 0 Å². The van der Waals surface area contributed by atoms with E-state index in [9.17, 15) is 8.42 Å². The normalized spacial score (nSPS) is 10.5. The largest absolute Gasteiger partial charge is 0.288 e. The Morgan fingerprint density at radius 1 is 1.60 bits per heavy atom. The van der Waals surface area contributed by atoms with Gasteiger partial charge in [0.25, 0.3) is 9.05 Å². The van der Waals surface area contributed by atoms with Crippen molar-refractivity contribution in [3.05, 3.63) is 11.6 Å². The molecule has 0 N–H and O–H groups in total. The zero-order valence-electron chi connectivity index (χ0n) is 4.52. The molecule has 7 heteroatoms. The first kappa shape index (κ1) is 10.2. The van der Waals surface area contributed by atoms with Gasteiger partial charge in [-0.3, -0.25) is 0 Å². The Bertz CT molecular complexity index is 279. The summed E-state index contributed by atoms with van der Waals surface area (Å²) in [5.41, 5.74) is 0. The Morgan fingerprint density at radius 2 is 2.20 bits per heavy atom. The smallest absolute Gasteiger partial charge is 0.233 e. The summed E-state index contributed by atoms with van der Waals surface area (Å²) in [7, 11) is 1.34. The molecule has 0 aliphatic heterocycles. The summed E-state index contributed by atoms with van der Waals surface area (Å²) in [5.74, 6) is 0. The van der Waals surface area contributed by atoms with Gasteiger partial charge in [-0.2, -0.15) is 0 Å². The van der Waals surface area contributed by atoms with Crippen LogP contribution in [0.4, 0.5) is 0 Å². The lowest BCUT2D eigenvalue weighted by Gasteiger charge is -1.81. The van der Waals surface area contributed by atoms with Gasteiger partial charge in [-0.25, -0.2) is 13.4 Å².